The zero-order valence-electron chi connectivity index (χ0n) is 47.6. The standard InChI is InChI=1S/2C21H17ClN2.C17H14N2O2S.C14H12N2/c1-15-9-11-17(12-10-15)21-19-7-2-3-8-20(19)24(23-21)14-16-5-4-6-18(22)13-16;1-15-6-10-17(11-7-15)21-19-4-2-3-5-20(19)24(23-21)14-16-8-12-18(22)13-9-16;20-11-13-6-7-15(21-13)16-17-14(8-9-22-17)19(18-16)10-12-4-2-1-3-5-12;1-10-6-8-11(9-7-10)14-12-4-2-3-5-13(12)15-16-14/h2*2-13H,14H2,1H3;1-9,20H,10-11H2;2-9H,1H3,(H,15,16). The number of fused-ring (bicyclic) bond motifs is 4. The number of para-hydroxylation sites is 3. The van der Waals surface area contributed by atoms with Crippen LogP contribution in [0.25, 0.3) is 88.2 Å². The Labute approximate surface area is 512 Å². The van der Waals surface area contributed by atoms with Crippen LogP contribution >= 0.6 is 34.5 Å². The number of hydrogen-bond donors (Lipinski definition) is 2. The van der Waals surface area contributed by atoms with Gasteiger partial charge in [0.1, 0.15) is 29.4 Å². The Morgan fingerprint density at radius 1 is 0.430 bits per heavy atom. The van der Waals surface area contributed by atoms with E-state index >= 15 is 0 Å². The molecule has 0 aliphatic rings. The van der Waals surface area contributed by atoms with Crippen LogP contribution in [0.3, 0.4) is 0 Å². The summed E-state index contributed by atoms with van der Waals surface area (Å²) in [5.74, 6) is 1.25. The van der Waals surface area contributed by atoms with Crippen molar-refractivity contribution in [2.24, 2.45) is 0 Å². The van der Waals surface area contributed by atoms with Crippen LogP contribution in [-0.2, 0) is 26.2 Å². The van der Waals surface area contributed by atoms with Crippen molar-refractivity contribution in [3.05, 3.63) is 297 Å². The zero-order chi connectivity index (χ0) is 58.9. The molecule has 6 heterocycles. The molecule has 0 bridgehead atoms. The number of H-pyrrole nitrogens is 1. The van der Waals surface area contributed by atoms with Crippen molar-refractivity contribution in [2.45, 2.75) is 47.0 Å². The molecule has 0 aliphatic heterocycles. The number of thiophene rings is 1. The Bertz CT molecular complexity index is 4710. The molecule has 0 unspecified atom stereocenters. The molecule has 15 aromatic rings. The topological polar surface area (TPSA) is 116 Å². The lowest BCUT2D eigenvalue weighted by Gasteiger charge is -2.04. The molecular weight excluding hydrogens is 1120 g/mol. The predicted octanol–water partition coefficient (Wildman–Crippen LogP) is 18.9. The Morgan fingerprint density at radius 3 is 1.49 bits per heavy atom. The van der Waals surface area contributed by atoms with Gasteiger partial charge in [0.25, 0.3) is 0 Å². The van der Waals surface area contributed by atoms with Crippen LogP contribution in [0.4, 0.5) is 0 Å². The molecule has 0 amide bonds. The number of aliphatic hydroxyl groups excluding tert-OH is 1. The van der Waals surface area contributed by atoms with Crippen LogP contribution < -0.4 is 0 Å². The van der Waals surface area contributed by atoms with E-state index in [2.05, 4.69) is 197 Å². The van der Waals surface area contributed by atoms with Gasteiger partial charge in [0, 0.05) is 42.9 Å². The second-order valence-electron chi connectivity index (χ2n) is 21.1. The molecule has 13 heteroatoms. The maximum Gasteiger partial charge on any atom is 0.156 e. The van der Waals surface area contributed by atoms with Gasteiger partial charge in [-0.25, -0.2) is 0 Å². The lowest BCUT2D eigenvalue weighted by molar-refractivity contribution is 0.248. The Kier molecular flexibility index (Phi) is 17.3. The van der Waals surface area contributed by atoms with Crippen LogP contribution in [0, 0.1) is 20.8 Å². The zero-order valence-corrected chi connectivity index (χ0v) is 50.0. The van der Waals surface area contributed by atoms with Gasteiger partial charge in [0.05, 0.1) is 52.1 Å². The highest BCUT2D eigenvalue weighted by atomic mass is 35.5. The summed E-state index contributed by atoms with van der Waals surface area (Å²) in [6.07, 6.45) is 0. The summed E-state index contributed by atoms with van der Waals surface area (Å²) in [5.41, 5.74) is 19.1. The van der Waals surface area contributed by atoms with Crippen LogP contribution in [0.1, 0.15) is 39.1 Å². The van der Waals surface area contributed by atoms with E-state index in [0.717, 1.165) is 94.9 Å². The lowest BCUT2D eigenvalue weighted by atomic mass is 10.1. The summed E-state index contributed by atoms with van der Waals surface area (Å²) in [7, 11) is 0. The molecular formula is C73H60Cl2N8O2S. The summed E-state index contributed by atoms with van der Waals surface area (Å²) in [6, 6.07) is 82.3. The van der Waals surface area contributed by atoms with Crippen molar-refractivity contribution in [1.82, 2.24) is 39.5 Å². The molecule has 0 spiro atoms. The largest absolute Gasteiger partial charge is 0.457 e. The average Bonchev–Trinajstić information content (AvgIpc) is 2.54. The summed E-state index contributed by atoms with van der Waals surface area (Å²) >= 11 is 13.8. The first-order chi connectivity index (χ1) is 42.1. The van der Waals surface area contributed by atoms with E-state index in [1.807, 2.05) is 89.6 Å². The molecule has 0 aliphatic carbocycles. The van der Waals surface area contributed by atoms with Gasteiger partial charge in [-0.2, -0.15) is 20.4 Å². The number of hydrogen-bond acceptors (Lipinski definition) is 7. The number of aromatic amines is 1. The van der Waals surface area contributed by atoms with Crippen LogP contribution in [0.15, 0.2) is 252 Å². The smallest absolute Gasteiger partial charge is 0.156 e. The molecule has 6 aromatic heterocycles. The van der Waals surface area contributed by atoms with Gasteiger partial charge >= 0.3 is 0 Å². The fourth-order valence-electron chi connectivity index (χ4n) is 10.3. The summed E-state index contributed by atoms with van der Waals surface area (Å²) < 4.78 is 12.9. The number of nitrogens with zero attached hydrogens (tertiary/aromatic N) is 7. The Balaban J connectivity index is 0.000000113. The normalized spacial score (nSPS) is 11.1. The third kappa shape index (κ3) is 13.0. The van der Waals surface area contributed by atoms with Crippen LogP contribution in [-0.4, -0.2) is 44.6 Å². The number of rotatable bonds is 11. The maximum absolute atomic E-state index is 9.15. The molecule has 0 saturated heterocycles. The Morgan fingerprint density at radius 2 is 0.919 bits per heavy atom. The third-order valence-corrected chi connectivity index (χ3v) is 16.2. The number of nitrogens with one attached hydrogen (secondary N) is 1. The van der Waals surface area contributed by atoms with Crippen LogP contribution in [0.2, 0.25) is 10.0 Å². The quantitative estimate of drug-likeness (QED) is 0.133. The molecule has 10 nitrogen and oxygen atoms in total. The molecule has 15 rings (SSSR count). The van der Waals surface area contributed by atoms with Gasteiger partial charge in [-0.1, -0.05) is 222 Å². The van der Waals surface area contributed by atoms with E-state index in [0.29, 0.717) is 18.1 Å². The van der Waals surface area contributed by atoms with Crippen LogP contribution in [0.5, 0.6) is 0 Å². The summed E-state index contributed by atoms with van der Waals surface area (Å²) in [6.45, 7) is 8.34. The molecule has 424 valence electrons. The SMILES string of the molecule is Cc1ccc(-c2n[nH]c3ccccc23)cc1.Cc1ccc(-c2nn(Cc3ccc(Cl)cc3)c3ccccc23)cc1.Cc1ccc(-c2nn(Cc3cccc(Cl)c3)c3ccccc23)cc1.OCc1ccc(-c2nn(Cc3ccccc3)c3ccsc23)o1. The molecule has 0 atom stereocenters. The Hall–Kier alpha value is -9.62. The first-order valence-corrected chi connectivity index (χ1v) is 30.0. The molecule has 9 aromatic carbocycles. The van der Waals surface area contributed by atoms with Crippen molar-refractivity contribution in [1.29, 1.82) is 0 Å². The highest BCUT2D eigenvalue weighted by Crippen LogP contribution is 2.35. The van der Waals surface area contributed by atoms with E-state index in [1.54, 1.807) is 17.4 Å². The van der Waals surface area contributed by atoms with E-state index in [9.17, 15) is 0 Å². The van der Waals surface area contributed by atoms with Gasteiger partial charge in [0.2, 0.25) is 0 Å². The maximum atomic E-state index is 9.15. The number of furan rings is 1. The highest BCUT2D eigenvalue weighted by molar-refractivity contribution is 7.17. The van der Waals surface area contributed by atoms with Gasteiger partial charge in [-0.05, 0) is 104 Å². The van der Waals surface area contributed by atoms with E-state index in [1.165, 1.54) is 44.0 Å². The fraction of sp³-hybridized carbons (Fsp3) is 0.0959. The fourth-order valence-corrected chi connectivity index (χ4v) is 11.6. The second-order valence-corrected chi connectivity index (χ2v) is 22.9. The number of halogens is 2. The van der Waals surface area contributed by atoms with E-state index in [-0.39, 0.29) is 6.61 Å². The minimum atomic E-state index is -0.0989. The number of aliphatic hydroxyl groups is 1. The molecule has 86 heavy (non-hydrogen) atoms. The lowest BCUT2D eigenvalue weighted by Crippen LogP contribution is -2.01. The van der Waals surface area contributed by atoms with E-state index < -0.39 is 0 Å². The van der Waals surface area contributed by atoms with Crippen molar-refractivity contribution >= 4 is 77.5 Å². The van der Waals surface area contributed by atoms with Gasteiger partial charge in [-0.15, -0.1) is 11.3 Å². The van der Waals surface area contributed by atoms with Crippen molar-refractivity contribution in [2.75, 3.05) is 0 Å². The molecule has 0 radical (unpaired) electrons. The van der Waals surface area contributed by atoms with Crippen molar-refractivity contribution in [3.63, 3.8) is 0 Å². The molecule has 0 saturated carbocycles. The predicted molar refractivity (Wildman–Crippen MR) is 354 cm³/mol. The third-order valence-electron chi connectivity index (χ3n) is 14.8. The summed E-state index contributed by atoms with van der Waals surface area (Å²) in [5, 5.41) is 38.2. The monoisotopic (exact) mass is 1180 g/mol. The minimum absolute atomic E-state index is 0.0989. The number of aryl methyl sites for hydroxylation is 3. The first-order valence-electron chi connectivity index (χ1n) is 28.3. The van der Waals surface area contributed by atoms with Crippen molar-refractivity contribution < 1.29 is 9.52 Å². The van der Waals surface area contributed by atoms with Gasteiger partial charge in [-0.3, -0.25) is 19.1 Å². The van der Waals surface area contributed by atoms with Crippen molar-refractivity contribution in [3.8, 4) is 45.2 Å². The average molecular weight is 1180 g/mol. The van der Waals surface area contributed by atoms with Gasteiger partial charge < -0.3 is 9.52 Å². The first kappa shape index (κ1) is 56.8. The highest BCUT2D eigenvalue weighted by Gasteiger charge is 2.18. The molecule has 2 N–H and O–H groups in total. The second kappa shape index (κ2) is 26.1. The number of benzene rings is 9. The van der Waals surface area contributed by atoms with Gasteiger partial charge in [0.15, 0.2) is 5.76 Å². The molecule has 0 fully saturated rings. The van der Waals surface area contributed by atoms with E-state index in [4.69, 9.17) is 48.0 Å². The minimum Gasteiger partial charge on any atom is -0.457 e. The summed E-state index contributed by atoms with van der Waals surface area (Å²) in [4.78, 5) is 0. The number of aromatic nitrogens is 8.